The molecule has 1 heterocycles. The van der Waals surface area contributed by atoms with Crippen LogP contribution in [0.4, 0.5) is 0 Å². The molecule has 1 fully saturated rings. The largest absolute Gasteiger partial charge is 0.373 e. The number of sulfonamides is 1. The highest BCUT2D eigenvalue weighted by molar-refractivity contribution is 14.0. The molecule has 2 atom stereocenters. The van der Waals surface area contributed by atoms with Crippen LogP contribution in [0.25, 0.3) is 0 Å². The van der Waals surface area contributed by atoms with E-state index in [2.05, 4.69) is 15.6 Å². The molecule has 0 aromatic heterocycles. The Morgan fingerprint density at radius 1 is 1.18 bits per heavy atom. The first kappa shape index (κ1) is 21.9. The lowest BCUT2D eigenvalue weighted by Crippen LogP contribution is -2.49. The molecule has 1 aliphatic rings. The fourth-order valence-corrected chi connectivity index (χ4v) is 3.72. The monoisotopic (exact) mass is 448 g/mol. The van der Waals surface area contributed by atoms with Gasteiger partial charge in [-0.1, -0.05) is 0 Å². The van der Waals surface area contributed by atoms with Gasteiger partial charge in [0.2, 0.25) is 10.0 Å². The number of nitrogens with one attached hydrogen (secondary N) is 2. The van der Waals surface area contributed by atoms with E-state index in [1.54, 1.807) is 0 Å². The summed E-state index contributed by atoms with van der Waals surface area (Å²) in [4.78, 5) is 4.28. The molecule has 0 saturated carbocycles. The van der Waals surface area contributed by atoms with Crippen LogP contribution >= 0.6 is 24.0 Å². The maximum Gasteiger partial charge on any atom is 0.216 e. The van der Waals surface area contributed by atoms with Crippen molar-refractivity contribution < 1.29 is 13.2 Å². The predicted molar refractivity (Wildman–Crippen MR) is 100 cm³/mol. The van der Waals surface area contributed by atoms with Crippen molar-refractivity contribution in [2.75, 3.05) is 38.5 Å². The Morgan fingerprint density at radius 3 is 2.14 bits per heavy atom. The normalized spacial score (nSPS) is 22.5. The van der Waals surface area contributed by atoms with Crippen molar-refractivity contribution in [1.29, 1.82) is 0 Å². The number of halogens is 1. The molecule has 0 amide bonds. The summed E-state index contributed by atoms with van der Waals surface area (Å²) in [5.41, 5.74) is 0. The van der Waals surface area contributed by atoms with Gasteiger partial charge in [0.25, 0.3) is 0 Å². The Hall–Kier alpha value is -0.130. The molecule has 1 rings (SSSR count). The second-order valence-corrected chi connectivity index (χ2v) is 7.27. The predicted octanol–water partition coefficient (Wildman–Crippen LogP) is 0.618. The lowest BCUT2D eigenvalue weighted by Gasteiger charge is -2.34. The van der Waals surface area contributed by atoms with Crippen LogP contribution in [-0.4, -0.2) is 69.4 Å². The molecule has 1 aliphatic heterocycles. The average Bonchev–Trinajstić information content (AvgIpc) is 2.38. The van der Waals surface area contributed by atoms with Crippen molar-refractivity contribution in [2.24, 2.45) is 4.99 Å². The van der Waals surface area contributed by atoms with Gasteiger partial charge in [0.1, 0.15) is 0 Å². The van der Waals surface area contributed by atoms with Gasteiger partial charge >= 0.3 is 0 Å². The van der Waals surface area contributed by atoms with E-state index >= 15 is 0 Å². The van der Waals surface area contributed by atoms with E-state index in [1.165, 1.54) is 4.31 Å². The van der Waals surface area contributed by atoms with Gasteiger partial charge in [0.05, 0.1) is 24.5 Å². The number of hydrogen-bond acceptors (Lipinski definition) is 4. The molecule has 2 unspecified atom stereocenters. The van der Waals surface area contributed by atoms with E-state index in [-0.39, 0.29) is 48.5 Å². The van der Waals surface area contributed by atoms with Gasteiger partial charge < -0.3 is 15.4 Å². The highest BCUT2D eigenvalue weighted by Gasteiger charge is 2.30. The van der Waals surface area contributed by atoms with Crippen LogP contribution in [0.15, 0.2) is 4.99 Å². The third-order valence-corrected chi connectivity index (χ3v) is 4.87. The Morgan fingerprint density at radius 2 is 1.68 bits per heavy atom. The fraction of sp³-hybridized carbons (Fsp3) is 0.923. The van der Waals surface area contributed by atoms with Gasteiger partial charge in [0.15, 0.2) is 5.96 Å². The molecule has 132 valence electrons. The van der Waals surface area contributed by atoms with Gasteiger partial charge in [-0.3, -0.25) is 4.99 Å². The van der Waals surface area contributed by atoms with Gasteiger partial charge in [0, 0.05) is 26.2 Å². The van der Waals surface area contributed by atoms with Crippen LogP contribution < -0.4 is 10.6 Å². The van der Waals surface area contributed by atoms with Crippen LogP contribution in [-0.2, 0) is 14.8 Å². The first-order valence-electron chi connectivity index (χ1n) is 7.54. The van der Waals surface area contributed by atoms with E-state index in [1.807, 2.05) is 27.7 Å². The van der Waals surface area contributed by atoms with E-state index in [0.717, 1.165) is 13.1 Å². The zero-order valence-corrected chi connectivity index (χ0v) is 17.0. The topological polar surface area (TPSA) is 83.0 Å². The molecule has 0 spiro atoms. The third-order valence-electron chi connectivity index (χ3n) is 3.09. The summed E-state index contributed by atoms with van der Waals surface area (Å²) in [6, 6.07) is 0. The van der Waals surface area contributed by atoms with Crippen LogP contribution in [0.5, 0.6) is 0 Å². The van der Waals surface area contributed by atoms with E-state index in [9.17, 15) is 8.42 Å². The van der Waals surface area contributed by atoms with E-state index < -0.39 is 10.0 Å². The number of ether oxygens (including phenoxy) is 1. The Labute approximate surface area is 151 Å². The molecule has 0 aliphatic carbocycles. The molecular weight excluding hydrogens is 419 g/mol. The molecule has 7 nitrogen and oxygen atoms in total. The highest BCUT2D eigenvalue weighted by atomic mass is 127. The summed E-state index contributed by atoms with van der Waals surface area (Å²) in [5, 5.41) is 6.15. The molecule has 22 heavy (non-hydrogen) atoms. The minimum atomic E-state index is -3.28. The summed E-state index contributed by atoms with van der Waals surface area (Å²) in [6.45, 7) is 10.3. The molecule has 9 heteroatoms. The first-order chi connectivity index (χ1) is 9.89. The Bertz CT molecular complexity index is 427. The second-order valence-electron chi connectivity index (χ2n) is 5.18. The minimum Gasteiger partial charge on any atom is -0.373 e. The van der Waals surface area contributed by atoms with E-state index in [0.29, 0.717) is 19.0 Å². The maximum absolute atomic E-state index is 12.3. The number of guanidine groups is 1. The Kier molecular flexibility index (Phi) is 10.5. The summed E-state index contributed by atoms with van der Waals surface area (Å²) < 4.78 is 31.7. The lowest BCUT2D eigenvalue weighted by molar-refractivity contribution is -0.0440. The van der Waals surface area contributed by atoms with Crippen molar-refractivity contribution in [2.45, 2.75) is 39.9 Å². The number of hydrogen-bond donors (Lipinski definition) is 2. The molecule has 2 N–H and O–H groups in total. The Balaban J connectivity index is 0.00000441. The quantitative estimate of drug-likeness (QED) is 0.354. The highest BCUT2D eigenvalue weighted by Crippen LogP contribution is 2.14. The molecule has 1 saturated heterocycles. The third kappa shape index (κ3) is 7.42. The minimum absolute atomic E-state index is 0. The number of morpholine rings is 1. The lowest BCUT2D eigenvalue weighted by atomic mass is 10.3. The van der Waals surface area contributed by atoms with Crippen molar-refractivity contribution in [3.05, 3.63) is 0 Å². The molecule has 0 aromatic rings. The standard InChI is InChI=1S/C13H28N4O3S.HI/c1-5-14-13(15-6-2)16-7-8-21(18,19)17-9-11(3)20-12(4)10-17;/h11-12H,5-10H2,1-4H3,(H2,14,15,16);1H. The van der Waals surface area contributed by atoms with Crippen LogP contribution in [0.3, 0.4) is 0 Å². The van der Waals surface area contributed by atoms with Crippen LogP contribution in [0.2, 0.25) is 0 Å². The van der Waals surface area contributed by atoms with E-state index in [4.69, 9.17) is 4.74 Å². The number of aliphatic imine (C=N–C) groups is 1. The van der Waals surface area contributed by atoms with Gasteiger partial charge in [-0.15, -0.1) is 24.0 Å². The maximum atomic E-state index is 12.3. The van der Waals surface area contributed by atoms with Crippen molar-refractivity contribution in [3.8, 4) is 0 Å². The molecular formula is C13H29IN4O3S. The number of rotatable bonds is 6. The molecule has 0 radical (unpaired) electrons. The summed E-state index contributed by atoms with van der Waals surface area (Å²) in [6.07, 6.45) is -0.128. The zero-order valence-electron chi connectivity index (χ0n) is 13.8. The second kappa shape index (κ2) is 10.6. The van der Waals surface area contributed by atoms with Crippen LogP contribution in [0.1, 0.15) is 27.7 Å². The fourth-order valence-electron chi connectivity index (χ4n) is 2.27. The van der Waals surface area contributed by atoms with Gasteiger partial charge in [-0.2, -0.15) is 4.31 Å². The van der Waals surface area contributed by atoms with Crippen molar-refractivity contribution in [3.63, 3.8) is 0 Å². The molecule has 0 aromatic carbocycles. The number of nitrogens with zero attached hydrogens (tertiary/aromatic N) is 2. The first-order valence-corrected chi connectivity index (χ1v) is 9.15. The van der Waals surface area contributed by atoms with Crippen molar-refractivity contribution in [1.82, 2.24) is 14.9 Å². The zero-order chi connectivity index (χ0) is 15.9. The smallest absolute Gasteiger partial charge is 0.216 e. The molecule has 0 bridgehead atoms. The van der Waals surface area contributed by atoms with Crippen molar-refractivity contribution >= 4 is 40.0 Å². The SMILES string of the molecule is CCNC(=NCCS(=O)(=O)N1CC(C)OC(C)C1)NCC.I. The summed E-state index contributed by atoms with van der Waals surface area (Å²) >= 11 is 0. The van der Waals surface area contributed by atoms with Crippen LogP contribution in [0, 0.1) is 0 Å². The van der Waals surface area contributed by atoms with Gasteiger partial charge in [-0.25, -0.2) is 8.42 Å². The summed E-state index contributed by atoms with van der Waals surface area (Å²) in [5.74, 6) is 0.672. The average molecular weight is 448 g/mol. The van der Waals surface area contributed by atoms with Gasteiger partial charge in [-0.05, 0) is 27.7 Å². The summed E-state index contributed by atoms with van der Waals surface area (Å²) in [7, 11) is -3.28.